The smallest absolute Gasteiger partial charge is 0.122 e. The van der Waals surface area contributed by atoms with Crippen molar-refractivity contribution in [2.24, 2.45) is 0 Å². The Hall–Kier alpha value is -1.06. The van der Waals surface area contributed by atoms with Crippen LogP contribution in [0.4, 0.5) is 0 Å². The fourth-order valence-electron chi connectivity index (χ4n) is 2.55. The number of methoxy groups -OCH3 is 1. The van der Waals surface area contributed by atoms with Gasteiger partial charge in [0.1, 0.15) is 5.75 Å². The van der Waals surface area contributed by atoms with Crippen LogP contribution in [-0.2, 0) is 6.42 Å². The average molecular weight is 249 g/mol. The van der Waals surface area contributed by atoms with Gasteiger partial charge in [0, 0.05) is 13.1 Å². The zero-order valence-corrected chi connectivity index (χ0v) is 11.1. The van der Waals surface area contributed by atoms with E-state index in [0.717, 1.165) is 51.1 Å². The predicted octanol–water partition coefficient (Wildman–Crippen LogP) is 2.08. The average Bonchev–Trinajstić information content (AvgIpc) is 2.41. The lowest BCUT2D eigenvalue weighted by molar-refractivity contribution is 0.0821. The van der Waals surface area contributed by atoms with E-state index < -0.39 is 0 Å². The lowest BCUT2D eigenvalue weighted by Crippen LogP contribution is -2.36. The Morgan fingerprint density at radius 3 is 2.72 bits per heavy atom. The number of para-hydroxylation sites is 1. The van der Waals surface area contributed by atoms with E-state index in [4.69, 9.17) is 4.74 Å². The van der Waals surface area contributed by atoms with E-state index in [1.807, 2.05) is 12.1 Å². The first-order valence-electron chi connectivity index (χ1n) is 6.82. The van der Waals surface area contributed by atoms with Gasteiger partial charge in [0.25, 0.3) is 0 Å². The third-order valence-electron chi connectivity index (χ3n) is 3.67. The summed E-state index contributed by atoms with van der Waals surface area (Å²) in [7, 11) is 1.73. The quantitative estimate of drug-likeness (QED) is 0.867. The molecule has 1 aromatic rings. The van der Waals surface area contributed by atoms with Gasteiger partial charge in [-0.25, -0.2) is 0 Å². The van der Waals surface area contributed by atoms with Crippen LogP contribution in [0.5, 0.6) is 5.75 Å². The third kappa shape index (κ3) is 3.72. The Labute approximate surface area is 109 Å². The molecule has 1 aliphatic rings. The van der Waals surface area contributed by atoms with Gasteiger partial charge in [-0.2, -0.15) is 0 Å². The van der Waals surface area contributed by atoms with Gasteiger partial charge in [0.15, 0.2) is 0 Å². The molecule has 0 bridgehead atoms. The molecule has 1 saturated heterocycles. The van der Waals surface area contributed by atoms with E-state index in [0.29, 0.717) is 0 Å². The van der Waals surface area contributed by atoms with E-state index in [9.17, 15) is 5.11 Å². The normalized spacial score (nSPS) is 17.9. The maximum atomic E-state index is 9.46. The second-order valence-electron chi connectivity index (χ2n) is 4.99. The van der Waals surface area contributed by atoms with Crippen LogP contribution in [0.1, 0.15) is 24.8 Å². The standard InChI is InChI=1S/C15H23NO2/c1-18-15-7-3-2-5-13(15)6-4-10-16-11-8-14(17)9-12-16/h2-3,5,7,14,17H,4,6,8-12H2,1H3. The number of piperidine rings is 1. The van der Waals surface area contributed by atoms with Gasteiger partial charge < -0.3 is 14.7 Å². The Balaban J connectivity index is 1.75. The minimum absolute atomic E-state index is 0.0736. The van der Waals surface area contributed by atoms with Crippen LogP contribution in [0.25, 0.3) is 0 Å². The predicted molar refractivity (Wildman–Crippen MR) is 73.0 cm³/mol. The van der Waals surface area contributed by atoms with Crippen LogP contribution in [0.3, 0.4) is 0 Å². The largest absolute Gasteiger partial charge is 0.496 e. The first-order chi connectivity index (χ1) is 8.79. The minimum atomic E-state index is -0.0736. The number of hydrogen-bond acceptors (Lipinski definition) is 3. The summed E-state index contributed by atoms with van der Waals surface area (Å²) in [4.78, 5) is 2.45. The van der Waals surface area contributed by atoms with Crippen molar-refractivity contribution in [1.29, 1.82) is 0 Å². The van der Waals surface area contributed by atoms with Crippen molar-refractivity contribution in [2.45, 2.75) is 31.8 Å². The fraction of sp³-hybridized carbons (Fsp3) is 0.600. The maximum absolute atomic E-state index is 9.46. The maximum Gasteiger partial charge on any atom is 0.122 e. The Morgan fingerprint density at radius 1 is 1.28 bits per heavy atom. The molecule has 100 valence electrons. The van der Waals surface area contributed by atoms with Crippen LogP contribution in [-0.4, -0.2) is 42.9 Å². The second-order valence-corrected chi connectivity index (χ2v) is 4.99. The van der Waals surface area contributed by atoms with Crippen LogP contribution in [0, 0.1) is 0 Å². The molecule has 1 N–H and O–H groups in total. The number of aryl methyl sites for hydroxylation is 1. The number of nitrogens with zero attached hydrogens (tertiary/aromatic N) is 1. The van der Waals surface area contributed by atoms with Crippen molar-refractivity contribution in [1.82, 2.24) is 4.90 Å². The van der Waals surface area contributed by atoms with Crippen molar-refractivity contribution in [3.63, 3.8) is 0 Å². The molecule has 1 heterocycles. The van der Waals surface area contributed by atoms with Crippen LogP contribution in [0.2, 0.25) is 0 Å². The summed E-state index contributed by atoms with van der Waals surface area (Å²) < 4.78 is 5.36. The van der Waals surface area contributed by atoms with E-state index in [2.05, 4.69) is 17.0 Å². The number of aliphatic hydroxyl groups excluding tert-OH is 1. The number of likely N-dealkylation sites (tertiary alicyclic amines) is 1. The molecule has 3 nitrogen and oxygen atoms in total. The molecule has 1 aromatic carbocycles. The molecule has 0 aromatic heterocycles. The molecule has 18 heavy (non-hydrogen) atoms. The summed E-state index contributed by atoms with van der Waals surface area (Å²) in [5.74, 6) is 0.992. The molecule has 3 heteroatoms. The molecule has 0 atom stereocenters. The first-order valence-corrected chi connectivity index (χ1v) is 6.82. The summed E-state index contributed by atoms with van der Waals surface area (Å²) in [6.45, 7) is 3.19. The lowest BCUT2D eigenvalue weighted by atomic mass is 10.1. The van der Waals surface area contributed by atoms with Gasteiger partial charge in [0.2, 0.25) is 0 Å². The van der Waals surface area contributed by atoms with Crippen LogP contribution >= 0.6 is 0 Å². The number of rotatable bonds is 5. The minimum Gasteiger partial charge on any atom is -0.496 e. The summed E-state index contributed by atoms with van der Waals surface area (Å²) in [6.07, 6.45) is 3.98. The Morgan fingerprint density at radius 2 is 2.00 bits per heavy atom. The molecule has 0 unspecified atom stereocenters. The zero-order valence-electron chi connectivity index (χ0n) is 11.1. The molecule has 0 radical (unpaired) electrons. The first kappa shape index (κ1) is 13.4. The van der Waals surface area contributed by atoms with E-state index in [1.165, 1.54) is 5.56 Å². The molecule has 0 saturated carbocycles. The molecule has 0 aliphatic carbocycles. The molecular weight excluding hydrogens is 226 g/mol. The lowest BCUT2D eigenvalue weighted by Gasteiger charge is -2.29. The Bertz CT molecular complexity index is 359. The second kappa shape index (κ2) is 6.76. The van der Waals surface area contributed by atoms with Crippen molar-refractivity contribution in [2.75, 3.05) is 26.7 Å². The summed E-state index contributed by atoms with van der Waals surface area (Å²) in [5.41, 5.74) is 1.29. The van der Waals surface area contributed by atoms with Gasteiger partial charge in [-0.15, -0.1) is 0 Å². The Kier molecular flexibility index (Phi) is 5.02. The number of ether oxygens (including phenoxy) is 1. The number of hydrogen-bond donors (Lipinski definition) is 1. The van der Waals surface area contributed by atoms with Crippen LogP contribution < -0.4 is 4.74 Å². The van der Waals surface area contributed by atoms with E-state index in [-0.39, 0.29) is 6.10 Å². The van der Waals surface area contributed by atoms with Crippen LogP contribution in [0.15, 0.2) is 24.3 Å². The van der Waals surface area contributed by atoms with E-state index in [1.54, 1.807) is 7.11 Å². The monoisotopic (exact) mass is 249 g/mol. The number of benzene rings is 1. The highest BCUT2D eigenvalue weighted by atomic mass is 16.5. The summed E-state index contributed by atoms with van der Waals surface area (Å²) in [5, 5.41) is 9.46. The molecular formula is C15H23NO2. The van der Waals surface area contributed by atoms with Gasteiger partial charge >= 0.3 is 0 Å². The highest BCUT2D eigenvalue weighted by Crippen LogP contribution is 2.19. The van der Waals surface area contributed by atoms with Crippen molar-refractivity contribution >= 4 is 0 Å². The number of aliphatic hydroxyl groups is 1. The molecule has 0 spiro atoms. The van der Waals surface area contributed by atoms with E-state index >= 15 is 0 Å². The SMILES string of the molecule is COc1ccccc1CCCN1CCC(O)CC1. The molecule has 1 fully saturated rings. The molecule has 2 rings (SSSR count). The third-order valence-corrected chi connectivity index (χ3v) is 3.67. The fourth-order valence-corrected chi connectivity index (χ4v) is 2.55. The van der Waals surface area contributed by atoms with Crippen molar-refractivity contribution in [3.05, 3.63) is 29.8 Å². The van der Waals surface area contributed by atoms with Gasteiger partial charge in [-0.3, -0.25) is 0 Å². The molecule has 0 amide bonds. The van der Waals surface area contributed by atoms with Gasteiger partial charge in [-0.1, -0.05) is 18.2 Å². The zero-order chi connectivity index (χ0) is 12.8. The summed E-state index contributed by atoms with van der Waals surface area (Å²) in [6, 6.07) is 8.23. The van der Waals surface area contributed by atoms with Crippen molar-refractivity contribution < 1.29 is 9.84 Å². The van der Waals surface area contributed by atoms with Gasteiger partial charge in [0.05, 0.1) is 13.2 Å². The van der Waals surface area contributed by atoms with Gasteiger partial charge in [-0.05, 0) is 43.9 Å². The highest BCUT2D eigenvalue weighted by Gasteiger charge is 2.16. The van der Waals surface area contributed by atoms with Crippen molar-refractivity contribution in [3.8, 4) is 5.75 Å². The summed E-state index contributed by atoms with van der Waals surface area (Å²) >= 11 is 0. The molecule has 1 aliphatic heterocycles. The highest BCUT2D eigenvalue weighted by molar-refractivity contribution is 5.33. The topological polar surface area (TPSA) is 32.7 Å².